The molecule has 1 unspecified atom stereocenters. The molecule has 4 N–H and O–H groups in total. The molecular formula is C27H24Cl2N2O2. The molecule has 4 rings (SSSR count). The fourth-order valence-corrected chi connectivity index (χ4v) is 3.79. The van der Waals surface area contributed by atoms with E-state index < -0.39 is 0 Å². The van der Waals surface area contributed by atoms with Crippen molar-refractivity contribution in [3.63, 3.8) is 0 Å². The van der Waals surface area contributed by atoms with Crippen molar-refractivity contribution in [1.82, 2.24) is 0 Å². The van der Waals surface area contributed by atoms with Crippen molar-refractivity contribution in [2.75, 3.05) is 11.5 Å². The van der Waals surface area contributed by atoms with Crippen LogP contribution in [0, 0.1) is 0 Å². The Balaban J connectivity index is 1.35. The number of ether oxygens (including phenoxy) is 2. The third-order valence-corrected chi connectivity index (χ3v) is 5.98. The second-order valence-electron chi connectivity index (χ2n) is 7.89. The molecule has 33 heavy (non-hydrogen) atoms. The first-order valence-corrected chi connectivity index (χ1v) is 11.3. The smallest absolute Gasteiger partial charge is 0.129 e. The summed E-state index contributed by atoms with van der Waals surface area (Å²) in [6, 6.07) is 26.6. The summed E-state index contributed by atoms with van der Waals surface area (Å²) in [6.45, 7) is 2.20. The maximum absolute atomic E-state index is 6.06. The van der Waals surface area contributed by atoms with E-state index in [0.29, 0.717) is 38.8 Å². The number of anilines is 2. The minimum atomic E-state index is 0.340. The van der Waals surface area contributed by atoms with Crippen molar-refractivity contribution in [3.05, 3.63) is 106 Å². The third-order valence-electron chi connectivity index (χ3n) is 5.33. The van der Waals surface area contributed by atoms with Gasteiger partial charge in [0.1, 0.15) is 23.0 Å². The van der Waals surface area contributed by atoms with Crippen LogP contribution < -0.4 is 20.9 Å². The fraction of sp³-hybridized carbons (Fsp3) is 0.111. The average molecular weight is 479 g/mol. The lowest BCUT2D eigenvalue weighted by Gasteiger charge is -2.14. The van der Waals surface area contributed by atoms with Crippen molar-refractivity contribution < 1.29 is 9.47 Å². The fourth-order valence-electron chi connectivity index (χ4n) is 3.44. The first-order chi connectivity index (χ1) is 15.9. The lowest BCUT2D eigenvalue weighted by Crippen LogP contribution is -1.98. The number of rotatable bonds is 7. The van der Waals surface area contributed by atoms with E-state index in [1.807, 2.05) is 24.3 Å². The van der Waals surface area contributed by atoms with Gasteiger partial charge in [-0.15, -0.1) is 0 Å². The summed E-state index contributed by atoms with van der Waals surface area (Å²) in [5.74, 6) is 3.14. The predicted molar refractivity (Wildman–Crippen MR) is 137 cm³/mol. The van der Waals surface area contributed by atoms with Crippen LogP contribution in [0.4, 0.5) is 11.4 Å². The quantitative estimate of drug-likeness (QED) is 0.263. The van der Waals surface area contributed by atoms with Crippen molar-refractivity contribution in [2.24, 2.45) is 0 Å². The van der Waals surface area contributed by atoms with Crippen molar-refractivity contribution in [3.8, 4) is 23.0 Å². The highest BCUT2D eigenvalue weighted by Gasteiger charge is 2.09. The van der Waals surface area contributed by atoms with Gasteiger partial charge in [0.2, 0.25) is 0 Å². The van der Waals surface area contributed by atoms with Crippen LogP contribution in [0.1, 0.15) is 24.0 Å². The standard InChI is InChI=1S/C27H24Cl2N2O2/c1-17(19-4-8-21(9-5-19)33-23-11-13-27(31)25(29)16-23)14-18-2-6-20(7-3-18)32-22-10-12-26(30)24(28)15-22/h2-13,15-17H,14,30-31H2,1H3. The maximum atomic E-state index is 6.06. The number of halogens is 2. The zero-order valence-electron chi connectivity index (χ0n) is 18.1. The zero-order chi connectivity index (χ0) is 23.4. The van der Waals surface area contributed by atoms with E-state index in [9.17, 15) is 0 Å². The highest BCUT2D eigenvalue weighted by molar-refractivity contribution is 6.33. The van der Waals surface area contributed by atoms with E-state index in [-0.39, 0.29) is 0 Å². The molecule has 0 saturated carbocycles. The molecule has 0 saturated heterocycles. The average Bonchev–Trinajstić information content (AvgIpc) is 2.80. The Morgan fingerprint density at radius 3 is 1.52 bits per heavy atom. The maximum Gasteiger partial charge on any atom is 0.129 e. The number of nitrogens with two attached hydrogens (primary N) is 2. The molecule has 4 aromatic carbocycles. The van der Waals surface area contributed by atoms with E-state index in [1.54, 1.807) is 36.4 Å². The van der Waals surface area contributed by atoms with Crippen LogP contribution in [0.15, 0.2) is 84.9 Å². The second kappa shape index (κ2) is 10.1. The summed E-state index contributed by atoms with van der Waals surface area (Å²) in [5.41, 5.74) is 15.0. The number of hydrogen-bond donors (Lipinski definition) is 2. The Morgan fingerprint density at radius 1 is 0.636 bits per heavy atom. The number of nitrogen functional groups attached to an aromatic ring is 2. The monoisotopic (exact) mass is 478 g/mol. The van der Waals surface area contributed by atoms with Gasteiger partial charge in [-0.3, -0.25) is 0 Å². The molecule has 0 heterocycles. The van der Waals surface area contributed by atoms with E-state index in [0.717, 1.165) is 17.9 Å². The summed E-state index contributed by atoms with van der Waals surface area (Å²) >= 11 is 12.1. The van der Waals surface area contributed by atoms with Gasteiger partial charge in [0.05, 0.1) is 21.4 Å². The minimum absolute atomic E-state index is 0.340. The van der Waals surface area contributed by atoms with Gasteiger partial charge in [-0.05, 0) is 72.0 Å². The van der Waals surface area contributed by atoms with Gasteiger partial charge < -0.3 is 20.9 Å². The molecule has 0 bridgehead atoms. The van der Waals surface area contributed by atoms with Gasteiger partial charge in [0, 0.05) is 12.1 Å². The van der Waals surface area contributed by atoms with Gasteiger partial charge in [-0.25, -0.2) is 0 Å². The van der Waals surface area contributed by atoms with Crippen LogP contribution in [-0.2, 0) is 6.42 Å². The van der Waals surface area contributed by atoms with Gasteiger partial charge >= 0.3 is 0 Å². The summed E-state index contributed by atoms with van der Waals surface area (Å²) < 4.78 is 11.7. The molecule has 4 nitrogen and oxygen atoms in total. The lowest BCUT2D eigenvalue weighted by atomic mass is 9.94. The van der Waals surface area contributed by atoms with Gasteiger partial charge in [-0.1, -0.05) is 54.4 Å². The Morgan fingerprint density at radius 2 is 1.06 bits per heavy atom. The molecule has 0 spiro atoms. The second-order valence-corrected chi connectivity index (χ2v) is 8.70. The number of hydrogen-bond acceptors (Lipinski definition) is 4. The molecular weight excluding hydrogens is 455 g/mol. The van der Waals surface area contributed by atoms with Gasteiger partial charge in [0.25, 0.3) is 0 Å². The summed E-state index contributed by atoms with van der Waals surface area (Å²) in [6.07, 6.45) is 0.905. The third kappa shape index (κ3) is 5.92. The predicted octanol–water partition coefficient (Wildman–Crippen LogP) is 8.09. The van der Waals surface area contributed by atoms with Gasteiger partial charge in [-0.2, -0.15) is 0 Å². The molecule has 0 aliphatic rings. The Bertz CT molecular complexity index is 1240. The zero-order valence-corrected chi connectivity index (χ0v) is 19.6. The van der Waals surface area contributed by atoms with Crippen LogP contribution in [0.5, 0.6) is 23.0 Å². The first kappa shape index (κ1) is 22.8. The van der Waals surface area contributed by atoms with E-state index in [2.05, 4.69) is 31.2 Å². The number of benzene rings is 4. The van der Waals surface area contributed by atoms with E-state index in [4.69, 9.17) is 44.1 Å². The molecule has 0 fully saturated rings. The molecule has 4 aromatic rings. The molecule has 6 heteroatoms. The topological polar surface area (TPSA) is 70.5 Å². The molecule has 0 aromatic heterocycles. The SMILES string of the molecule is CC(Cc1ccc(Oc2ccc(N)c(Cl)c2)cc1)c1ccc(Oc2ccc(N)c(Cl)c2)cc1. The van der Waals surface area contributed by atoms with Crippen molar-refractivity contribution >= 4 is 34.6 Å². The van der Waals surface area contributed by atoms with Crippen LogP contribution in [-0.4, -0.2) is 0 Å². The minimum Gasteiger partial charge on any atom is -0.457 e. The normalized spacial score (nSPS) is 11.7. The Hall–Kier alpha value is -3.34. The summed E-state index contributed by atoms with van der Waals surface area (Å²) in [4.78, 5) is 0. The molecule has 0 radical (unpaired) electrons. The van der Waals surface area contributed by atoms with E-state index in [1.165, 1.54) is 11.1 Å². The molecule has 0 amide bonds. The van der Waals surface area contributed by atoms with Gasteiger partial charge in [0.15, 0.2) is 0 Å². The summed E-state index contributed by atoms with van der Waals surface area (Å²) in [7, 11) is 0. The Kier molecular flexibility index (Phi) is 6.97. The lowest BCUT2D eigenvalue weighted by molar-refractivity contribution is 0.482. The van der Waals surface area contributed by atoms with Crippen LogP contribution in [0.2, 0.25) is 10.0 Å². The van der Waals surface area contributed by atoms with Crippen LogP contribution >= 0.6 is 23.2 Å². The molecule has 168 valence electrons. The van der Waals surface area contributed by atoms with Crippen molar-refractivity contribution in [1.29, 1.82) is 0 Å². The highest BCUT2D eigenvalue weighted by atomic mass is 35.5. The first-order valence-electron chi connectivity index (χ1n) is 10.5. The van der Waals surface area contributed by atoms with E-state index >= 15 is 0 Å². The van der Waals surface area contributed by atoms with Crippen LogP contribution in [0.25, 0.3) is 0 Å². The highest BCUT2D eigenvalue weighted by Crippen LogP contribution is 2.31. The molecule has 0 aliphatic heterocycles. The van der Waals surface area contributed by atoms with Crippen molar-refractivity contribution in [2.45, 2.75) is 19.3 Å². The molecule has 1 atom stereocenters. The largest absolute Gasteiger partial charge is 0.457 e. The van der Waals surface area contributed by atoms with Crippen LogP contribution in [0.3, 0.4) is 0 Å². The Labute approximate surface area is 203 Å². The molecule has 0 aliphatic carbocycles. The summed E-state index contributed by atoms with van der Waals surface area (Å²) in [5, 5.41) is 0.957.